The van der Waals surface area contributed by atoms with Crippen LogP contribution in [0.4, 0.5) is 0 Å². The zero-order valence-corrected chi connectivity index (χ0v) is 9.43. The minimum absolute atomic E-state index is 0.208. The number of aliphatic hydroxyl groups excluding tert-OH is 1. The van der Waals surface area contributed by atoms with Crippen molar-refractivity contribution in [3.05, 3.63) is 35.9 Å². The average Bonchev–Trinajstić information content (AvgIpc) is 2.83. The van der Waals surface area contributed by atoms with Crippen LogP contribution < -0.4 is 5.32 Å². The van der Waals surface area contributed by atoms with Gasteiger partial charge < -0.3 is 15.2 Å². The Bertz CT molecular complexity index is 296. The molecule has 3 nitrogen and oxygen atoms in total. The van der Waals surface area contributed by atoms with E-state index in [-0.39, 0.29) is 12.6 Å². The Balaban J connectivity index is 1.99. The maximum atomic E-state index is 9.10. The molecule has 0 aliphatic carbocycles. The van der Waals surface area contributed by atoms with Crippen molar-refractivity contribution in [2.75, 3.05) is 19.8 Å². The Labute approximate surface area is 96.4 Å². The Hall–Kier alpha value is -0.900. The Morgan fingerprint density at radius 3 is 2.81 bits per heavy atom. The fraction of sp³-hybridized carbons (Fsp3) is 0.538. The monoisotopic (exact) mass is 221 g/mol. The summed E-state index contributed by atoms with van der Waals surface area (Å²) in [7, 11) is 0. The van der Waals surface area contributed by atoms with Gasteiger partial charge in [0.2, 0.25) is 0 Å². The molecule has 0 saturated carbocycles. The standard InChI is InChI=1S/C13H19NO2/c15-8-6-13(11-4-2-1-3-5-11)14-12-7-9-16-10-12/h1-5,12-15H,6-10H2/t12?,13-/m1/s1. The number of hydrogen-bond donors (Lipinski definition) is 2. The van der Waals surface area contributed by atoms with Crippen molar-refractivity contribution in [1.29, 1.82) is 0 Å². The normalized spacial score (nSPS) is 22.2. The summed E-state index contributed by atoms with van der Waals surface area (Å²) in [5.41, 5.74) is 1.24. The highest BCUT2D eigenvalue weighted by Crippen LogP contribution is 2.18. The molecule has 0 bridgehead atoms. The molecule has 1 heterocycles. The van der Waals surface area contributed by atoms with E-state index in [1.807, 2.05) is 18.2 Å². The summed E-state index contributed by atoms with van der Waals surface area (Å²) in [4.78, 5) is 0. The lowest BCUT2D eigenvalue weighted by molar-refractivity contribution is 0.185. The molecular weight excluding hydrogens is 202 g/mol. The zero-order valence-electron chi connectivity index (χ0n) is 9.43. The predicted octanol–water partition coefficient (Wildman–Crippen LogP) is 1.49. The van der Waals surface area contributed by atoms with Crippen molar-refractivity contribution in [2.45, 2.75) is 24.9 Å². The highest BCUT2D eigenvalue weighted by molar-refractivity contribution is 5.19. The second kappa shape index (κ2) is 5.99. The van der Waals surface area contributed by atoms with Crippen LogP contribution in [0.1, 0.15) is 24.4 Å². The summed E-state index contributed by atoms with van der Waals surface area (Å²) >= 11 is 0. The van der Waals surface area contributed by atoms with Crippen LogP contribution in [0.2, 0.25) is 0 Å². The van der Waals surface area contributed by atoms with E-state index in [1.165, 1.54) is 5.56 Å². The highest BCUT2D eigenvalue weighted by atomic mass is 16.5. The number of aliphatic hydroxyl groups is 1. The van der Waals surface area contributed by atoms with E-state index >= 15 is 0 Å². The van der Waals surface area contributed by atoms with Gasteiger partial charge in [-0.25, -0.2) is 0 Å². The molecule has 2 N–H and O–H groups in total. The first-order chi connectivity index (χ1) is 7.90. The van der Waals surface area contributed by atoms with E-state index < -0.39 is 0 Å². The van der Waals surface area contributed by atoms with Crippen molar-refractivity contribution in [1.82, 2.24) is 5.32 Å². The number of benzene rings is 1. The van der Waals surface area contributed by atoms with Gasteiger partial charge in [-0.3, -0.25) is 0 Å². The van der Waals surface area contributed by atoms with Crippen LogP contribution in [0.15, 0.2) is 30.3 Å². The summed E-state index contributed by atoms with van der Waals surface area (Å²) in [5, 5.41) is 12.6. The topological polar surface area (TPSA) is 41.5 Å². The van der Waals surface area contributed by atoms with Crippen LogP contribution >= 0.6 is 0 Å². The third-order valence-corrected chi connectivity index (χ3v) is 2.99. The lowest BCUT2D eigenvalue weighted by Crippen LogP contribution is -2.33. The second-order valence-corrected chi connectivity index (χ2v) is 4.20. The molecule has 2 rings (SSSR count). The Morgan fingerprint density at radius 2 is 2.19 bits per heavy atom. The molecule has 0 spiro atoms. The van der Waals surface area contributed by atoms with Gasteiger partial charge in [0.05, 0.1) is 6.61 Å². The van der Waals surface area contributed by atoms with Gasteiger partial charge in [-0.15, -0.1) is 0 Å². The SMILES string of the molecule is OCC[C@@H](NC1CCOC1)c1ccccc1. The van der Waals surface area contributed by atoms with Gasteiger partial charge in [-0.1, -0.05) is 30.3 Å². The summed E-state index contributed by atoms with van der Waals surface area (Å²) in [6, 6.07) is 10.9. The van der Waals surface area contributed by atoms with Crippen molar-refractivity contribution >= 4 is 0 Å². The molecule has 1 unspecified atom stereocenters. The van der Waals surface area contributed by atoms with E-state index in [0.717, 1.165) is 26.1 Å². The maximum Gasteiger partial charge on any atom is 0.0620 e. The van der Waals surface area contributed by atoms with Crippen LogP contribution in [0.5, 0.6) is 0 Å². The van der Waals surface area contributed by atoms with Crippen LogP contribution in [-0.2, 0) is 4.74 Å². The summed E-state index contributed by atoms with van der Waals surface area (Å²) in [6.07, 6.45) is 1.81. The Morgan fingerprint density at radius 1 is 1.38 bits per heavy atom. The molecule has 1 aromatic carbocycles. The molecular formula is C13H19NO2. The molecule has 3 heteroatoms. The molecule has 88 valence electrons. The number of nitrogens with one attached hydrogen (secondary N) is 1. The van der Waals surface area contributed by atoms with Gasteiger partial charge in [-0.05, 0) is 18.4 Å². The summed E-state index contributed by atoms with van der Waals surface area (Å²) in [6.45, 7) is 1.84. The van der Waals surface area contributed by atoms with Gasteiger partial charge in [0.1, 0.15) is 0 Å². The number of ether oxygens (including phenoxy) is 1. The van der Waals surface area contributed by atoms with E-state index in [4.69, 9.17) is 9.84 Å². The quantitative estimate of drug-likeness (QED) is 0.791. The van der Waals surface area contributed by atoms with E-state index in [2.05, 4.69) is 17.4 Å². The van der Waals surface area contributed by atoms with Crippen LogP contribution in [0.25, 0.3) is 0 Å². The minimum atomic E-state index is 0.208. The Kier molecular flexibility index (Phi) is 4.34. The second-order valence-electron chi connectivity index (χ2n) is 4.20. The first-order valence-corrected chi connectivity index (χ1v) is 5.90. The lowest BCUT2D eigenvalue weighted by Gasteiger charge is -2.22. The molecule has 0 amide bonds. The molecule has 1 saturated heterocycles. The molecule has 0 radical (unpaired) electrons. The van der Waals surface area contributed by atoms with Gasteiger partial charge in [0.15, 0.2) is 0 Å². The highest BCUT2D eigenvalue weighted by Gasteiger charge is 2.20. The molecule has 16 heavy (non-hydrogen) atoms. The molecule has 2 atom stereocenters. The number of rotatable bonds is 5. The van der Waals surface area contributed by atoms with Gasteiger partial charge in [0, 0.05) is 25.3 Å². The zero-order chi connectivity index (χ0) is 11.2. The molecule has 1 aromatic rings. The van der Waals surface area contributed by atoms with Crippen molar-refractivity contribution in [3.8, 4) is 0 Å². The third-order valence-electron chi connectivity index (χ3n) is 2.99. The van der Waals surface area contributed by atoms with Crippen molar-refractivity contribution < 1.29 is 9.84 Å². The van der Waals surface area contributed by atoms with E-state index in [9.17, 15) is 0 Å². The van der Waals surface area contributed by atoms with Crippen LogP contribution in [0.3, 0.4) is 0 Å². The van der Waals surface area contributed by atoms with E-state index in [1.54, 1.807) is 0 Å². The van der Waals surface area contributed by atoms with Gasteiger partial charge in [-0.2, -0.15) is 0 Å². The largest absolute Gasteiger partial charge is 0.396 e. The smallest absolute Gasteiger partial charge is 0.0620 e. The summed E-state index contributed by atoms with van der Waals surface area (Å²) < 4.78 is 5.35. The minimum Gasteiger partial charge on any atom is -0.396 e. The first kappa shape index (κ1) is 11.6. The van der Waals surface area contributed by atoms with Gasteiger partial charge in [0.25, 0.3) is 0 Å². The number of hydrogen-bond acceptors (Lipinski definition) is 3. The van der Waals surface area contributed by atoms with Crippen molar-refractivity contribution in [3.63, 3.8) is 0 Å². The lowest BCUT2D eigenvalue weighted by atomic mass is 10.0. The molecule has 0 aromatic heterocycles. The van der Waals surface area contributed by atoms with Crippen LogP contribution in [0, 0.1) is 0 Å². The fourth-order valence-corrected chi connectivity index (χ4v) is 2.11. The predicted molar refractivity (Wildman–Crippen MR) is 63.2 cm³/mol. The summed E-state index contributed by atoms with van der Waals surface area (Å²) in [5.74, 6) is 0. The molecule has 1 aliphatic heterocycles. The average molecular weight is 221 g/mol. The fourth-order valence-electron chi connectivity index (χ4n) is 2.11. The van der Waals surface area contributed by atoms with Crippen molar-refractivity contribution in [2.24, 2.45) is 0 Å². The molecule has 1 fully saturated rings. The maximum absolute atomic E-state index is 9.10. The van der Waals surface area contributed by atoms with E-state index in [0.29, 0.717) is 6.04 Å². The van der Waals surface area contributed by atoms with Crippen LogP contribution in [-0.4, -0.2) is 31.0 Å². The third kappa shape index (κ3) is 3.04. The molecule has 1 aliphatic rings. The van der Waals surface area contributed by atoms with Gasteiger partial charge >= 0.3 is 0 Å². The first-order valence-electron chi connectivity index (χ1n) is 5.90.